The lowest BCUT2D eigenvalue weighted by atomic mass is 10.1. The molecule has 0 unspecified atom stereocenters. The minimum Gasteiger partial charge on any atom is -0.389 e. The van der Waals surface area contributed by atoms with Gasteiger partial charge in [0.15, 0.2) is 12.4 Å². The fourth-order valence-electron chi connectivity index (χ4n) is 2.86. The third kappa shape index (κ3) is 7.09. The highest BCUT2D eigenvalue weighted by molar-refractivity contribution is 5.94. The highest BCUT2D eigenvalue weighted by Crippen LogP contribution is 2.11. The Bertz CT molecular complexity index is 711. The maximum atomic E-state index is 12.0. The largest absolute Gasteiger partial charge is 0.409 e. The van der Waals surface area contributed by atoms with Crippen LogP contribution >= 0.6 is 0 Å². The predicted octanol–water partition coefficient (Wildman–Crippen LogP) is 2.90. The molecule has 0 spiro atoms. The number of amides is 2. The second-order valence-electron chi connectivity index (χ2n) is 6.43. The first-order valence-electron chi connectivity index (χ1n) is 9.34. The van der Waals surface area contributed by atoms with E-state index in [1.807, 2.05) is 4.90 Å². The van der Waals surface area contributed by atoms with Crippen LogP contribution in [-0.2, 0) is 17.9 Å². The second kappa shape index (κ2) is 11.0. The van der Waals surface area contributed by atoms with Crippen LogP contribution in [0.15, 0.2) is 54.9 Å². The fraction of sp³-hybridized carbons (Fsp3) is 0.381. The van der Waals surface area contributed by atoms with E-state index in [-0.39, 0.29) is 12.6 Å². The molecular weight excluding hydrogens is 342 g/mol. The Labute approximate surface area is 160 Å². The highest BCUT2D eigenvalue weighted by Gasteiger charge is 2.20. The lowest BCUT2D eigenvalue weighted by Gasteiger charge is -2.14. The zero-order valence-electron chi connectivity index (χ0n) is 15.8. The smallest absolute Gasteiger partial charge is 0.389 e. The van der Waals surface area contributed by atoms with Crippen LogP contribution in [0.5, 0.6) is 0 Å². The summed E-state index contributed by atoms with van der Waals surface area (Å²) in [6, 6.07) is 14.0. The van der Waals surface area contributed by atoms with Crippen molar-refractivity contribution < 1.29 is 18.9 Å². The summed E-state index contributed by atoms with van der Waals surface area (Å²) in [5.74, 6) is 0.0514. The molecule has 0 aliphatic carbocycles. The van der Waals surface area contributed by atoms with Gasteiger partial charge in [-0.25, -0.2) is 4.79 Å². The van der Waals surface area contributed by atoms with Gasteiger partial charge >= 0.3 is 6.09 Å². The number of carbonyl (C=O) groups excluding carboxylic acids is 2. The van der Waals surface area contributed by atoms with Gasteiger partial charge in [-0.2, -0.15) is 4.57 Å². The van der Waals surface area contributed by atoms with Crippen molar-refractivity contribution in [2.24, 2.45) is 5.73 Å². The normalized spacial score (nSPS) is 12.9. The van der Waals surface area contributed by atoms with E-state index in [9.17, 15) is 9.59 Å². The Morgan fingerprint density at radius 2 is 1.70 bits per heavy atom. The topological polar surface area (TPSA) is 76.5 Å². The van der Waals surface area contributed by atoms with Gasteiger partial charge in [-0.1, -0.05) is 43.7 Å². The van der Waals surface area contributed by atoms with Gasteiger partial charge in [-0.3, -0.25) is 4.79 Å². The summed E-state index contributed by atoms with van der Waals surface area (Å²) < 4.78 is 6.27. The molecule has 1 aromatic carbocycles. The molecule has 1 fully saturated rings. The molecule has 0 bridgehead atoms. The molecule has 0 saturated carbocycles. The van der Waals surface area contributed by atoms with E-state index in [1.54, 1.807) is 29.1 Å². The molecule has 27 heavy (non-hydrogen) atoms. The van der Waals surface area contributed by atoms with Crippen LogP contribution in [0.1, 0.15) is 42.1 Å². The molecule has 2 heterocycles. The van der Waals surface area contributed by atoms with Crippen LogP contribution < -0.4 is 10.3 Å². The number of primary amides is 1. The number of aryl methyl sites for hydroxylation is 1. The van der Waals surface area contributed by atoms with Gasteiger partial charge in [0.25, 0.3) is 12.6 Å². The Morgan fingerprint density at radius 3 is 2.26 bits per heavy atom. The Balaban J connectivity index is 0.000000244. The number of hydrogen-bond donors (Lipinski definition) is 1. The van der Waals surface area contributed by atoms with Crippen LogP contribution in [0, 0.1) is 0 Å². The minimum atomic E-state index is -0.820. The monoisotopic (exact) mass is 370 g/mol. The van der Waals surface area contributed by atoms with Crippen molar-refractivity contribution in [3.63, 3.8) is 0 Å². The average Bonchev–Trinajstić information content (AvgIpc) is 3.23. The van der Waals surface area contributed by atoms with Crippen molar-refractivity contribution >= 4 is 12.0 Å². The third-order valence-corrected chi connectivity index (χ3v) is 4.27. The summed E-state index contributed by atoms with van der Waals surface area (Å²) >= 11 is 0. The average molecular weight is 370 g/mol. The van der Waals surface area contributed by atoms with E-state index in [1.165, 1.54) is 18.4 Å². The summed E-state index contributed by atoms with van der Waals surface area (Å²) in [5.41, 5.74) is 6.96. The number of rotatable bonds is 5. The Hall–Kier alpha value is -2.89. The minimum absolute atomic E-state index is 0.0491. The van der Waals surface area contributed by atoms with Crippen molar-refractivity contribution in [3.8, 4) is 0 Å². The van der Waals surface area contributed by atoms with Gasteiger partial charge in [-0.15, -0.1) is 0 Å². The van der Waals surface area contributed by atoms with Crippen molar-refractivity contribution in [1.82, 2.24) is 4.90 Å². The number of likely N-dealkylation sites (tertiary alicyclic amines) is 1. The first-order chi connectivity index (χ1) is 13.1. The van der Waals surface area contributed by atoms with Crippen molar-refractivity contribution in [2.75, 3.05) is 13.1 Å². The summed E-state index contributed by atoms with van der Waals surface area (Å²) in [4.78, 5) is 24.3. The molecule has 0 atom stereocenters. The zero-order valence-corrected chi connectivity index (χ0v) is 15.8. The van der Waals surface area contributed by atoms with Crippen LogP contribution in [0.4, 0.5) is 4.79 Å². The molecule has 1 aliphatic heterocycles. The number of hydrogen-bond acceptors (Lipinski definition) is 3. The van der Waals surface area contributed by atoms with Gasteiger partial charge < -0.3 is 15.4 Å². The fourth-order valence-corrected chi connectivity index (χ4v) is 2.86. The zero-order chi connectivity index (χ0) is 19.5. The lowest BCUT2D eigenvalue weighted by Crippen LogP contribution is -2.37. The van der Waals surface area contributed by atoms with Gasteiger partial charge in [0.05, 0.1) is 5.56 Å². The molecule has 3 rings (SSSR count). The number of carbonyl (C=O) groups is 2. The van der Waals surface area contributed by atoms with Crippen LogP contribution in [0.25, 0.3) is 0 Å². The highest BCUT2D eigenvalue weighted by atomic mass is 16.6. The van der Waals surface area contributed by atoms with Gasteiger partial charge in [-0.05, 0) is 24.8 Å². The van der Waals surface area contributed by atoms with Crippen LogP contribution in [0.3, 0.4) is 0 Å². The number of aromatic nitrogens is 1. The second-order valence-corrected chi connectivity index (χ2v) is 6.43. The van der Waals surface area contributed by atoms with E-state index in [0.717, 1.165) is 25.9 Å². The molecule has 2 N–H and O–H groups in total. The lowest BCUT2D eigenvalue weighted by molar-refractivity contribution is -0.727. The summed E-state index contributed by atoms with van der Waals surface area (Å²) in [5, 5.41) is 0. The summed E-state index contributed by atoms with van der Waals surface area (Å²) in [6.07, 6.45) is 7.15. The molecule has 1 saturated heterocycles. The van der Waals surface area contributed by atoms with Crippen molar-refractivity contribution in [3.05, 3.63) is 66.0 Å². The Kier molecular flexibility index (Phi) is 8.29. The maximum absolute atomic E-state index is 12.0. The van der Waals surface area contributed by atoms with Crippen molar-refractivity contribution in [1.29, 1.82) is 0 Å². The first-order valence-corrected chi connectivity index (χ1v) is 9.34. The summed E-state index contributed by atoms with van der Waals surface area (Å²) in [7, 11) is 0. The number of nitrogens with two attached hydrogens (primary N) is 1. The van der Waals surface area contributed by atoms with Gasteiger partial charge in [0.1, 0.15) is 0 Å². The quantitative estimate of drug-likeness (QED) is 0.822. The van der Waals surface area contributed by atoms with Crippen LogP contribution in [-0.4, -0.2) is 30.0 Å². The van der Waals surface area contributed by atoms with Crippen LogP contribution in [0.2, 0.25) is 0 Å². The molecule has 0 radical (unpaired) electrons. The number of nitrogens with zero attached hydrogens (tertiary/aromatic N) is 2. The third-order valence-electron chi connectivity index (χ3n) is 4.27. The Morgan fingerprint density at radius 1 is 1.07 bits per heavy atom. The van der Waals surface area contributed by atoms with Crippen molar-refractivity contribution in [2.45, 2.75) is 39.3 Å². The molecule has 2 amide bonds. The van der Waals surface area contributed by atoms with E-state index in [4.69, 9.17) is 5.73 Å². The van der Waals surface area contributed by atoms with E-state index >= 15 is 0 Å². The molecule has 2 aromatic rings. The predicted molar refractivity (Wildman–Crippen MR) is 103 cm³/mol. The maximum Gasteiger partial charge on any atom is 0.409 e. The number of ether oxygens (including phenoxy) is 1. The van der Waals surface area contributed by atoms with E-state index < -0.39 is 6.09 Å². The SMILES string of the molecule is CCCc1ccccc1.NC(=O)OC[n+]1ccc(C(=O)N2CCCC2)cc1. The molecule has 6 heteroatoms. The first kappa shape index (κ1) is 20.4. The van der Waals surface area contributed by atoms with Gasteiger partial charge in [0.2, 0.25) is 0 Å². The standard InChI is InChI=1S/C12H15N3O3.C9H12/c13-12(17)18-9-14-7-3-10(4-8-14)11(16)15-5-1-2-6-15;1-2-6-9-7-4-3-5-8-9/h3-4,7-8H,1-2,5-6,9H2,(H-,13,17);3-5,7-8H,2,6H2,1H3/p+1. The molecular formula is C21H28N3O3+. The van der Waals surface area contributed by atoms with E-state index in [2.05, 4.69) is 42.0 Å². The molecule has 1 aromatic heterocycles. The number of benzene rings is 1. The number of pyridine rings is 1. The summed E-state index contributed by atoms with van der Waals surface area (Å²) in [6.45, 7) is 3.91. The molecule has 144 valence electrons. The van der Waals surface area contributed by atoms with E-state index in [0.29, 0.717) is 5.56 Å². The van der Waals surface area contributed by atoms with Gasteiger partial charge in [0, 0.05) is 25.2 Å². The molecule has 1 aliphatic rings. The molecule has 6 nitrogen and oxygen atoms in total.